The molecule has 4 aromatic rings. The minimum Gasteiger partial charge on any atom is -0.457 e. The van der Waals surface area contributed by atoms with Crippen LogP contribution in [0.2, 0.25) is 0 Å². The highest BCUT2D eigenvalue weighted by Crippen LogP contribution is 2.25. The number of nitrogens with zero attached hydrogens (tertiary/aromatic N) is 5. The van der Waals surface area contributed by atoms with Crippen LogP contribution in [0.15, 0.2) is 77.4 Å². The Morgan fingerprint density at radius 3 is 2.39 bits per heavy atom. The van der Waals surface area contributed by atoms with Gasteiger partial charge in [0.1, 0.15) is 35.0 Å². The number of nitrogens with two attached hydrogens (primary N) is 1. The maximum Gasteiger partial charge on any atom is 0.335 e. The van der Waals surface area contributed by atoms with Crippen LogP contribution in [0.3, 0.4) is 0 Å². The van der Waals surface area contributed by atoms with Gasteiger partial charge >= 0.3 is 5.69 Å². The number of aromatic nitrogens is 4. The Morgan fingerprint density at radius 2 is 1.76 bits per heavy atom. The minimum atomic E-state index is -0.569. The number of imidazole rings is 1. The lowest BCUT2D eigenvalue weighted by Gasteiger charge is -2.26. The van der Waals surface area contributed by atoms with Crippen molar-refractivity contribution in [2.45, 2.75) is 58.8 Å². The average Bonchev–Trinajstić information content (AvgIpc) is 3.19. The third-order valence-electron chi connectivity index (χ3n) is 6.17. The Labute approximate surface area is 238 Å². The maximum atomic E-state index is 13.7. The second-order valence-corrected chi connectivity index (χ2v) is 10.6. The number of nitrogens with one attached hydrogen (secondary N) is 2. The molecule has 0 unspecified atom stereocenters. The summed E-state index contributed by atoms with van der Waals surface area (Å²) >= 11 is 0. The molecular weight excluding hydrogens is 520 g/mol. The number of carbonyl (C=O) groups is 1. The van der Waals surface area contributed by atoms with Crippen LogP contribution >= 0.6 is 0 Å². The van der Waals surface area contributed by atoms with Crippen molar-refractivity contribution in [2.75, 3.05) is 5.73 Å². The van der Waals surface area contributed by atoms with E-state index in [4.69, 9.17) is 10.5 Å². The number of ether oxygens (including phenoxy) is 1. The first kappa shape index (κ1) is 29.0. The van der Waals surface area contributed by atoms with E-state index in [0.29, 0.717) is 28.4 Å². The van der Waals surface area contributed by atoms with Crippen molar-refractivity contribution >= 4 is 22.9 Å². The molecule has 2 aromatic carbocycles. The topological polar surface area (TPSA) is 153 Å². The molecule has 41 heavy (non-hydrogen) atoms. The van der Waals surface area contributed by atoms with Gasteiger partial charge in [-0.2, -0.15) is 5.26 Å². The van der Waals surface area contributed by atoms with E-state index in [0.717, 1.165) is 0 Å². The summed E-state index contributed by atoms with van der Waals surface area (Å²) < 4.78 is 8.74. The Kier molecular flexibility index (Phi) is 8.54. The van der Waals surface area contributed by atoms with Crippen molar-refractivity contribution in [1.29, 1.82) is 5.26 Å². The molecule has 4 N–H and O–H groups in total. The van der Waals surface area contributed by atoms with Gasteiger partial charge < -0.3 is 21.1 Å². The van der Waals surface area contributed by atoms with Gasteiger partial charge in [0.05, 0.1) is 5.69 Å². The number of hydrogen-bond acceptors (Lipinski definition) is 8. The van der Waals surface area contributed by atoms with Crippen LogP contribution in [0.25, 0.3) is 16.9 Å². The summed E-state index contributed by atoms with van der Waals surface area (Å²) in [6.45, 7) is 9.59. The quantitative estimate of drug-likeness (QED) is 0.198. The third kappa shape index (κ3) is 6.80. The number of hydrogen-bond donors (Lipinski definition) is 3. The Morgan fingerprint density at radius 1 is 1.10 bits per heavy atom. The van der Waals surface area contributed by atoms with E-state index in [1.807, 2.05) is 64.1 Å². The Balaban J connectivity index is 1.61. The number of nitrogen functional groups attached to an aromatic ring is 1. The summed E-state index contributed by atoms with van der Waals surface area (Å²) in [7, 11) is 0. The zero-order valence-corrected chi connectivity index (χ0v) is 23.8. The van der Waals surface area contributed by atoms with Gasteiger partial charge in [-0.05, 0) is 63.2 Å². The van der Waals surface area contributed by atoms with E-state index in [1.54, 1.807) is 37.3 Å². The monoisotopic (exact) mass is 554 g/mol. The van der Waals surface area contributed by atoms with Crippen molar-refractivity contribution in [3.8, 4) is 23.3 Å². The standard InChI is InChI=1S/C30H34N8O3/c1-19(2)36-30(4,5)15-21(16-31)28(39)35-20(3)17-37-27-25(26(32)33-18-34-27)38(29(37)40)22-11-13-24(14-12-22)41-23-9-7-6-8-10-23/h6-15,18-20,36H,17H2,1-5H3,(H,35,39)(H2,32,33,34)/t20-/m0/s1. The molecule has 2 heterocycles. The minimum absolute atomic E-state index is 0.0193. The van der Waals surface area contributed by atoms with Gasteiger partial charge in [0.25, 0.3) is 5.91 Å². The molecule has 0 spiro atoms. The number of amides is 1. The first-order valence-corrected chi connectivity index (χ1v) is 13.3. The number of nitriles is 1. The van der Waals surface area contributed by atoms with E-state index in [9.17, 15) is 14.9 Å². The molecule has 11 nitrogen and oxygen atoms in total. The molecule has 2 aromatic heterocycles. The molecular formula is C30H34N8O3. The average molecular weight is 555 g/mol. The van der Waals surface area contributed by atoms with Crippen LogP contribution in [0.4, 0.5) is 5.82 Å². The smallest absolute Gasteiger partial charge is 0.335 e. The highest BCUT2D eigenvalue weighted by molar-refractivity contribution is 5.97. The van der Waals surface area contributed by atoms with Crippen LogP contribution in [0, 0.1) is 11.3 Å². The predicted octanol–water partition coefficient (Wildman–Crippen LogP) is 3.69. The van der Waals surface area contributed by atoms with Gasteiger partial charge in [-0.15, -0.1) is 0 Å². The summed E-state index contributed by atoms with van der Waals surface area (Å²) in [6.07, 6.45) is 2.89. The number of fused-ring (bicyclic) bond motifs is 1. The number of anilines is 1. The second-order valence-electron chi connectivity index (χ2n) is 10.6. The Bertz CT molecular complexity index is 1660. The van der Waals surface area contributed by atoms with Crippen LogP contribution < -0.4 is 26.8 Å². The zero-order valence-electron chi connectivity index (χ0n) is 23.8. The number of carbonyl (C=O) groups excluding carboxylic acids is 1. The van der Waals surface area contributed by atoms with Crippen molar-refractivity contribution in [3.05, 3.63) is 83.1 Å². The van der Waals surface area contributed by atoms with E-state index < -0.39 is 23.2 Å². The van der Waals surface area contributed by atoms with Crippen LogP contribution in [-0.2, 0) is 11.3 Å². The summed E-state index contributed by atoms with van der Waals surface area (Å²) in [5, 5.41) is 15.8. The van der Waals surface area contributed by atoms with Gasteiger partial charge in [-0.25, -0.2) is 14.8 Å². The van der Waals surface area contributed by atoms with E-state index in [1.165, 1.54) is 15.5 Å². The van der Waals surface area contributed by atoms with Crippen LogP contribution in [0.5, 0.6) is 11.5 Å². The summed E-state index contributed by atoms with van der Waals surface area (Å²) in [5.74, 6) is 0.905. The number of para-hydroxylation sites is 1. The van der Waals surface area contributed by atoms with Gasteiger partial charge in [0.2, 0.25) is 0 Å². The normalized spacial score (nSPS) is 12.8. The Hall–Kier alpha value is -4.95. The van der Waals surface area contributed by atoms with Gasteiger partial charge in [-0.3, -0.25) is 13.9 Å². The first-order valence-electron chi connectivity index (χ1n) is 13.3. The molecule has 0 aliphatic heterocycles. The largest absolute Gasteiger partial charge is 0.457 e. The molecule has 1 amide bonds. The van der Waals surface area contributed by atoms with Gasteiger partial charge in [-0.1, -0.05) is 32.0 Å². The lowest BCUT2D eigenvalue weighted by molar-refractivity contribution is -0.117. The van der Waals surface area contributed by atoms with Crippen molar-refractivity contribution in [3.63, 3.8) is 0 Å². The van der Waals surface area contributed by atoms with Crippen molar-refractivity contribution < 1.29 is 9.53 Å². The molecule has 0 aliphatic carbocycles. The molecule has 11 heteroatoms. The number of benzene rings is 2. The van der Waals surface area contributed by atoms with Crippen molar-refractivity contribution in [1.82, 2.24) is 29.7 Å². The molecule has 0 aliphatic rings. The predicted molar refractivity (Wildman–Crippen MR) is 158 cm³/mol. The van der Waals surface area contributed by atoms with Crippen LogP contribution in [0.1, 0.15) is 34.6 Å². The summed E-state index contributed by atoms with van der Waals surface area (Å²) in [5.41, 5.74) is 6.44. The highest BCUT2D eigenvalue weighted by Gasteiger charge is 2.23. The molecule has 1 atom stereocenters. The number of rotatable bonds is 10. The summed E-state index contributed by atoms with van der Waals surface area (Å²) in [4.78, 5) is 35.1. The van der Waals surface area contributed by atoms with Crippen molar-refractivity contribution in [2.24, 2.45) is 0 Å². The van der Waals surface area contributed by atoms with E-state index in [-0.39, 0.29) is 24.0 Å². The molecule has 212 valence electrons. The fourth-order valence-corrected chi connectivity index (χ4v) is 4.71. The maximum absolute atomic E-state index is 13.7. The summed E-state index contributed by atoms with van der Waals surface area (Å²) in [6, 6.07) is 18.0. The first-order chi connectivity index (χ1) is 19.5. The lowest BCUT2D eigenvalue weighted by Crippen LogP contribution is -2.43. The SMILES string of the molecule is CC(C)NC(C)(C)C=C(C#N)C(=O)N[C@@H](C)Cn1c(=O)n(-c2ccc(Oc3ccccc3)cc2)c2c(N)ncnc21. The fourth-order valence-electron chi connectivity index (χ4n) is 4.71. The molecule has 0 bridgehead atoms. The second kappa shape index (κ2) is 12.1. The van der Waals surface area contributed by atoms with Crippen LogP contribution in [-0.4, -0.2) is 42.6 Å². The third-order valence-corrected chi connectivity index (χ3v) is 6.17. The zero-order chi connectivity index (χ0) is 29.7. The molecule has 4 rings (SSSR count). The molecule has 0 saturated carbocycles. The highest BCUT2D eigenvalue weighted by atomic mass is 16.5. The van der Waals surface area contributed by atoms with E-state index >= 15 is 0 Å². The fraction of sp³-hybridized carbons (Fsp3) is 0.300. The van der Waals surface area contributed by atoms with E-state index in [2.05, 4.69) is 20.6 Å². The van der Waals surface area contributed by atoms with Gasteiger partial charge in [0.15, 0.2) is 11.5 Å². The molecule has 0 radical (unpaired) electrons. The molecule has 0 saturated heterocycles. The molecule has 0 fully saturated rings. The lowest BCUT2D eigenvalue weighted by atomic mass is 10.00. The van der Waals surface area contributed by atoms with Gasteiger partial charge in [0, 0.05) is 24.2 Å².